The zero-order valence-electron chi connectivity index (χ0n) is 16.4. The number of methoxy groups -OCH3 is 1. The summed E-state index contributed by atoms with van der Waals surface area (Å²) >= 11 is 17.8. The molecule has 0 aliphatic heterocycles. The van der Waals surface area contributed by atoms with Gasteiger partial charge in [-0.05, 0) is 42.8 Å². The van der Waals surface area contributed by atoms with Gasteiger partial charge in [0.25, 0.3) is 5.91 Å². The highest BCUT2D eigenvalue weighted by Gasteiger charge is 2.18. The molecule has 0 aliphatic rings. The van der Waals surface area contributed by atoms with E-state index in [4.69, 9.17) is 54.3 Å². The monoisotopic (exact) mass is 482 g/mol. The Morgan fingerprint density at radius 2 is 1.84 bits per heavy atom. The van der Waals surface area contributed by atoms with Gasteiger partial charge in [0, 0.05) is 6.08 Å². The van der Waals surface area contributed by atoms with Crippen molar-refractivity contribution in [2.75, 3.05) is 19.0 Å². The number of nitrogens with one attached hydrogen (secondary N) is 1. The molecular formula is C21H17Cl3N2O5. The number of anilines is 1. The van der Waals surface area contributed by atoms with Crippen molar-refractivity contribution in [3.63, 3.8) is 0 Å². The molecule has 7 nitrogen and oxygen atoms in total. The Hall–Kier alpha value is -2.92. The zero-order chi connectivity index (χ0) is 23.0. The molecule has 0 fully saturated rings. The predicted molar refractivity (Wildman–Crippen MR) is 119 cm³/mol. The van der Waals surface area contributed by atoms with Crippen LogP contribution in [0.25, 0.3) is 6.08 Å². The minimum absolute atomic E-state index is 0.120. The molecule has 0 aliphatic carbocycles. The second-order valence-electron chi connectivity index (χ2n) is 6.00. The van der Waals surface area contributed by atoms with Crippen LogP contribution in [0.3, 0.4) is 0 Å². The maximum absolute atomic E-state index is 12.3. The molecule has 0 aromatic heterocycles. The van der Waals surface area contributed by atoms with E-state index in [2.05, 4.69) is 5.32 Å². The van der Waals surface area contributed by atoms with Gasteiger partial charge in [-0.1, -0.05) is 40.9 Å². The van der Waals surface area contributed by atoms with Crippen LogP contribution >= 0.6 is 34.8 Å². The lowest BCUT2D eigenvalue weighted by atomic mass is 10.2. The third kappa shape index (κ3) is 7.07. The molecule has 31 heavy (non-hydrogen) atoms. The van der Waals surface area contributed by atoms with Crippen molar-refractivity contribution in [3.8, 4) is 17.6 Å². The summed E-state index contributed by atoms with van der Waals surface area (Å²) in [4.78, 5) is 24.3. The molecule has 0 saturated carbocycles. The first-order valence-corrected chi connectivity index (χ1v) is 9.90. The highest BCUT2D eigenvalue weighted by Crippen LogP contribution is 2.32. The molecule has 2 aromatic rings. The summed E-state index contributed by atoms with van der Waals surface area (Å²) < 4.78 is 15.5. The normalized spacial score (nSPS) is 11.5. The van der Waals surface area contributed by atoms with Crippen molar-refractivity contribution in [1.29, 1.82) is 5.26 Å². The van der Waals surface area contributed by atoms with Crippen LogP contribution in [0.2, 0.25) is 15.1 Å². The topological polar surface area (TPSA) is 97.7 Å². The third-order valence-corrected chi connectivity index (χ3v) is 4.86. The fourth-order valence-electron chi connectivity index (χ4n) is 2.30. The van der Waals surface area contributed by atoms with Crippen LogP contribution in [0.4, 0.5) is 5.69 Å². The number of nitriles is 1. The Morgan fingerprint density at radius 3 is 2.52 bits per heavy atom. The lowest BCUT2D eigenvalue weighted by molar-refractivity contribution is -0.148. The van der Waals surface area contributed by atoms with Gasteiger partial charge >= 0.3 is 5.97 Å². The van der Waals surface area contributed by atoms with Gasteiger partial charge in [0.05, 0.1) is 27.9 Å². The number of amides is 1. The van der Waals surface area contributed by atoms with E-state index < -0.39 is 18.0 Å². The molecule has 10 heteroatoms. The van der Waals surface area contributed by atoms with Gasteiger partial charge in [0.1, 0.15) is 6.07 Å². The van der Waals surface area contributed by atoms with Crippen LogP contribution in [0.1, 0.15) is 12.5 Å². The summed E-state index contributed by atoms with van der Waals surface area (Å²) in [6.07, 6.45) is 1.55. The first-order valence-electron chi connectivity index (χ1n) is 8.77. The highest BCUT2D eigenvalue weighted by atomic mass is 35.5. The zero-order valence-corrected chi connectivity index (χ0v) is 18.7. The van der Waals surface area contributed by atoms with E-state index in [9.17, 15) is 9.59 Å². The SMILES string of the molecule is COc1cc(/C=C/C(=O)O[C@H](C)C(=O)Nc2cc(Cl)c(Cl)cc2Cl)ccc1OCC#N. The van der Waals surface area contributed by atoms with Crippen molar-refractivity contribution < 1.29 is 23.8 Å². The van der Waals surface area contributed by atoms with Crippen LogP contribution in [-0.4, -0.2) is 31.7 Å². The van der Waals surface area contributed by atoms with E-state index in [-0.39, 0.29) is 27.4 Å². The molecule has 0 spiro atoms. The highest BCUT2D eigenvalue weighted by molar-refractivity contribution is 6.44. The number of carbonyl (C=O) groups excluding carboxylic acids is 2. The first-order chi connectivity index (χ1) is 14.7. The number of carbonyl (C=O) groups is 2. The molecule has 1 N–H and O–H groups in total. The molecule has 0 heterocycles. The summed E-state index contributed by atoms with van der Waals surface area (Å²) in [5.74, 6) is -0.526. The summed E-state index contributed by atoms with van der Waals surface area (Å²) in [6.45, 7) is 1.29. The molecule has 2 aromatic carbocycles. The van der Waals surface area contributed by atoms with E-state index in [0.29, 0.717) is 17.1 Å². The Morgan fingerprint density at radius 1 is 1.13 bits per heavy atom. The number of nitrogens with zero attached hydrogens (tertiary/aromatic N) is 1. The minimum atomic E-state index is -1.10. The molecule has 2 rings (SSSR count). The largest absolute Gasteiger partial charge is 0.493 e. The Balaban J connectivity index is 1.98. The standard InChI is InChI=1S/C21H17Cl3N2O5/c1-12(21(28)26-17-11-15(23)14(22)10-16(17)24)31-20(27)6-4-13-3-5-18(30-8-7-25)19(9-13)29-2/h3-6,9-12H,8H2,1-2H3,(H,26,28)/b6-4+/t12-/m1/s1. The fourth-order valence-corrected chi connectivity index (χ4v) is 2.90. The smallest absolute Gasteiger partial charge is 0.331 e. The molecule has 1 amide bonds. The predicted octanol–water partition coefficient (Wildman–Crippen LogP) is 5.14. The maximum Gasteiger partial charge on any atom is 0.331 e. The Kier molecular flexibility index (Phi) is 9.01. The van der Waals surface area contributed by atoms with Crippen molar-refractivity contribution in [3.05, 3.63) is 57.0 Å². The van der Waals surface area contributed by atoms with Gasteiger partial charge in [0.2, 0.25) is 0 Å². The third-order valence-electron chi connectivity index (χ3n) is 3.82. The number of ether oxygens (including phenoxy) is 3. The van der Waals surface area contributed by atoms with Crippen molar-refractivity contribution in [2.24, 2.45) is 0 Å². The van der Waals surface area contributed by atoms with Crippen LogP contribution < -0.4 is 14.8 Å². The number of rotatable bonds is 8. The van der Waals surface area contributed by atoms with E-state index >= 15 is 0 Å². The lowest BCUT2D eigenvalue weighted by Gasteiger charge is -2.14. The number of esters is 1. The van der Waals surface area contributed by atoms with Crippen LogP contribution in [0.15, 0.2) is 36.4 Å². The molecule has 0 bridgehead atoms. The minimum Gasteiger partial charge on any atom is -0.493 e. The number of hydrogen-bond donors (Lipinski definition) is 1. The summed E-state index contributed by atoms with van der Waals surface area (Å²) in [6, 6.07) is 9.56. The van der Waals surface area contributed by atoms with Gasteiger partial charge in [-0.2, -0.15) is 5.26 Å². The van der Waals surface area contributed by atoms with Gasteiger partial charge in [-0.3, -0.25) is 4.79 Å². The van der Waals surface area contributed by atoms with E-state index in [1.165, 1.54) is 38.3 Å². The number of halogens is 3. The molecule has 0 unspecified atom stereocenters. The molecule has 0 radical (unpaired) electrons. The Labute approximate surface area is 194 Å². The van der Waals surface area contributed by atoms with Crippen LogP contribution in [-0.2, 0) is 14.3 Å². The quantitative estimate of drug-likeness (QED) is 0.317. The molecule has 1 atom stereocenters. The lowest BCUT2D eigenvalue weighted by Crippen LogP contribution is -2.29. The van der Waals surface area contributed by atoms with Crippen molar-refractivity contribution >= 4 is 58.4 Å². The number of hydrogen-bond acceptors (Lipinski definition) is 6. The maximum atomic E-state index is 12.3. The Bertz CT molecular complexity index is 1050. The van der Waals surface area contributed by atoms with Gasteiger partial charge in [0.15, 0.2) is 24.2 Å². The van der Waals surface area contributed by atoms with Gasteiger partial charge in [-0.25, -0.2) is 4.79 Å². The van der Waals surface area contributed by atoms with E-state index in [0.717, 1.165) is 0 Å². The summed E-state index contributed by atoms with van der Waals surface area (Å²) in [5.41, 5.74) is 0.864. The van der Waals surface area contributed by atoms with Gasteiger partial charge in [-0.15, -0.1) is 0 Å². The van der Waals surface area contributed by atoms with E-state index in [1.54, 1.807) is 18.2 Å². The molecule has 162 valence electrons. The van der Waals surface area contributed by atoms with Crippen LogP contribution in [0, 0.1) is 11.3 Å². The van der Waals surface area contributed by atoms with Gasteiger partial charge < -0.3 is 19.5 Å². The van der Waals surface area contributed by atoms with Crippen molar-refractivity contribution in [1.82, 2.24) is 0 Å². The van der Waals surface area contributed by atoms with Crippen molar-refractivity contribution in [2.45, 2.75) is 13.0 Å². The summed E-state index contributed by atoms with van der Waals surface area (Å²) in [7, 11) is 1.46. The fraction of sp³-hybridized carbons (Fsp3) is 0.190. The number of benzene rings is 2. The average molecular weight is 484 g/mol. The molecule has 0 saturated heterocycles. The average Bonchev–Trinajstić information content (AvgIpc) is 2.74. The van der Waals surface area contributed by atoms with E-state index in [1.807, 2.05) is 6.07 Å². The van der Waals surface area contributed by atoms with Crippen LogP contribution in [0.5, 0.6) is 11.5 Å². The second kappa shape index (κ2) is 11.5. The summed E-state index contributed by atoms with van der Waals surface area (Å²) in [5, 5.41) is 11.8. The second-order valence-corrected chi connectivity index (χ2v) is 7.23. The first kappa shape index (κ1) is 24.4. The molecular weight excluding hydrogens is 467 g/mol.